The summed E-state index contributed by atoms with van der Waals surface area (Å²) in [7, 11) is 1.39. The Kier molecular flexibility index (Phi) is 4.98. The number of ether oxygens (including phenoxy) is 1. The first-order valence-electron chi connectivity index (χ1n) is 8.41. The molecule has 0 amide bonds. The van der Waals surface area contributed by atoms with Crippen LogP contribution in [0.25, 0.3) is 0 Å². The van der Waals surface area contributed by atoms with Gasteiger partial charge in [-0.1, -0.05) is 31.0 Å². The van der Waals surface area contributed by atoms with Crippen molar-refractivity contribution in [3.63, 3.8) is 0 Å². The van der Waals surface area contributed by atoms with Gasteiger partial charge >= 0.3 is 5.97 Å². The van der Waals surface area contributed by atoms with Crippen LogP contribution in [0.4, 0.5) is 0 Å². The first-order chi connectivity index (χ1) is 10.7. The number of carbonyl (C=O) groups is 2. The molecule has 126 valence electrons. The highest BCUT2D eigenvalue weighted by Gasteiger charge is 2.54. The Hall–Kier alpha value is -1.64. The molecule has 0 aliphatic heterocycles. The molecule has 1 aromatic rings. The minimum absolute atomic E-state index is 0.0692. The molecule has 2 rings (SSSR count). The van der Waals surface area contributed by atoms with E-state index in [1.807, 2.05) is 0 Å². The predicted molar refractivity (Wildman–Crippen MR) is 91.5 cm³/mol. The zero-order valence-corrected chi connectivity index (χ0v) is 15.2. The molecule has 3 nitrogen and oxygen atoms in total. The number of Topliss-reactive ketones (excluding diaryl/α,β-unsaturated/α-hetero) is 1. The lowest BCUT2D eigenvalue weighted by molar-refractivity contribution is -0.162. The van der Waals surface area contributed by atoms with Crippen LogP contribution in [0.5, 0.6) is 0 Å². The summed E-state index contributed by atoms with van der Waals surface area (Å²) in [5, 5.41) is 0. The molecule has 1 saturated carbocycles. The third-order valence-corrected chi connectivity index (χ3v) is 5.48. The topological polar surface area (TPSA) is 43.4 Å². The normalized spacial score (nSPS) is 27.6. The van der Waals surface area contributed by atoms with E-state index in [4.69, 9.17) is 4.74 Å². The number of aryl methyl sites for hydroxylation is 3. The maximum absolute atomic E-state index is 12.7. The van der Waals surface area contributed by atoms with Gasteiger partial charge < -0.3 is 4.74 Å². The summed E-state index contributed by atoms with van der Waals surface area (Å²) in [6, 6.07) is 4.28. The van der Waals surface area contributed by atoms with Crippen LogP contribution in [0.15, 0.2) is 12.1 Å². The maximum Gasteiger partial charge on any atom is 0.319 e. The van der Waals surface area contributed by atoms with Gasteiger partial charge in [-0.2, -0.15) is 0 Å². The largest absolute Gasteiger partial charge is 0.468 e. The molecule has 0 bridgehead atoms. The zero-order valence-electron chi connectivity index (χ0n) is 15.2. The minimum atomic E-state index is -1.04. The highest BCUT2D eigenvalue weighted by Crippen LogP contribution is 2.52. The number of hydrogen-bond acceptors (Lipinski definition) is 3. The molecule has 0 aromatic heterocycles. The van der Waals surface area contributed by atoms with Gasteiger partial charge in [-0.05, 0) is 63.1 Å². The van der Waals surface area contributed by atoms with E-state index in [9.17, 15) is 9.59 Å². The first kappa shape index (κ1) is 17.7. The summed E-state index contributed by atoms with van der Waals surface area (Å²) >= 11 is 0. The second kappa shape index (κ2) is 6.46. The number of carbonyl (C=O) groups excluding carboxylic acids is 2. The van der Waals surface area contributed by atoms with E-state index in [2.05, 4.69) is 39.8 Å². The van der Waals surface area contributed by atoms with Crippen molar-refractivity contribution < 1.29 is 14.3 Å². The summed E-state index contributed by atoms with van der Waals surface area (Å²) in [6.07, 6.45) is 2.45. The summed E-state index contributed by atoms with van der Waals surface area (Å²) in [4.78, 5) is 25.3. The molecule has 3 unspecified atom stereocenters. The average Bonchev–Trinajstić information content (AvgIpc) is 2.46. The maximum atomic E-state index is 12.7. The molecule has 0 radical (unpaired) electrons. The summed E-state index contributed by atoms with van der Waals surface area (Å²) in [6.45, 7) is 9.89. The molecule has 0 N–H and O–H groups in total. The Morgan fingerprint density at radius 3 is 2.17 bits per heavy atom. The molecule has 1 aliphatic rings. The molecule has 0 heterocycles. The Labute approximate surface area is 139 Å². The van der Waals surface area contributed by atoms with Crippen LogP contribution >= 0.6 is 0 Å². The van der Waals surface area contributed by atoms with Gasteiger partial charge in [-0.15, -0.1) is 0 Å². The van der Waals surface area contributed by atoms with Crippen LogP contribution in [-0.2, 0) is 14.3 Å². The van der Waals surface area contributed by atoms with E-state index >= 15 is 0 Å². The van der Waals surface area contributed by atoms with Gasteiger partial charge in [0, 0.05) is 5.92 Å². The van der Waals surface area contributed by atoms with Crippen molar-refractivity contribution in [3.8, 4) is 0 Å². The van der Waals surface area contributed by atoms with E-state index < -0.39 is 5.41 Å². The van der Waals surface area contributed by atoms with Crippen LogP contribution in [0.2, 0.25) is 0 Å². The number of rotatable bonds is 3. The Morgan fingerprint density at radius 1 is 1.13 bits per heavy atom. The minimum Gasteiger partial charge on any atom is -0.468 e. The molecule has 0 saturated heterocycles. The lowest BCUT2D eigenvalue weighted by Crippen LogP contribution is -2.48. The van der Waals surface area contributed by atoms with Gasteiger partial charge in [-0.3, -0.25) is 9.59 Å². The molecule has 0 spiro atoms. The van der Waals surface area contributed by atoms with Gasteiger partial charge in [0.15, 0.2) is 0 Å². The van der Waals surface area contributed by atoms with Gasteiger partial charge in [0.05, 0.1) is 7.11 Å². The molecular formula is C20H28O3. The summed E-state index contributed by atoms with van der Waals surface area (Å²) in [5.41, 5.74) is 3.65. The van der Waals surface area contributed by atoms with E-state index in [-0.39, 0.29) is 17.7 Å². The van der Waals surface area contributed by atoms with Crippen LogP contribution in [-0.4, -0.2) is 18.9 Å². The fourth-order valence-corrected chi connectivity index (χ4v) is 4.56. The van der Waals surface area contributed by atoms with Gasteiger partial charge in [0.1, 0.15) is 11.2 Å². The van der Waals surface area contributed by atoms with E-state index in [0.717, 1.165) is 29.5 Å². The molecular weight excluding hydrogens is 288 g/mol. The van der Waals surface area contributed by atoms with E-state index in [1.54, 1.807) is 6.92 Å². The summed E-state index contributed by atoms with van der Waals surface area (Å²) in [5.74, 6) is -0.189. The van der Waals surface area contributed by atoms with E-state index in [0.29, 0.717) is 12.3 Å². The first-order valence-corrected chi connectivity index (χ1v) is 8.41. The second-order valence-corrected chi connectivity index (χ2v) is 7.27. The fraction of sp³-hybridized carbons (Fsp3) is 0.600. The molecule has 1 aliphatic carbocycles. The fourth-order valence-electron chi connectivity index (χ4n) is 4.56. The van der Waals surface area contributed by atoms with Crippen molar-refractivity contribution in [2.45, 2.75) is 59.8 Å². The van der Waals surface area contributed by atoms with E-state index in [1.165, 1.54) is 12.7 Å². The number of esters is 1. The third-order valence-electron chi connectivity index (χ3n) is 5.48. The Balaban J connectivity index is 2.67. The zero-order chi connectivity index (χ0) is 17.4. The van der Waals surface area contributed by atoms with Crippen LogP contribution in [0.1, 0.15) is 61.3 Å². The van der Waals surface area contributed by atoms with Gasteiger partial charge in [0.2, 0.25) is 0 Å². The van der Waals surface area contributed by atoms with Crippen LogP contribution < -0.4 is 0 Å². The van der Waals surface area contributed by atoms with Gasteiger partial charge in [0.25, 0.3) is 0 Å². The third kappa shape index (κ3) is 2.93. The van der Waals surface area contributed by atoms with Crippen molar-refractivity contribution >= 4 is 11.8 Å². The standard InChI is InChI=1S/C20H28O3/c1-12-7-8-17(18-14(3)9-13(2)10-15(18)4)20(11-12,16(5)21)19(22)23-6/h9-10,12,17H,7-8,11H2,1-6H3. The predicted octanol–water partition coefficient (Wildman–Crippen LogP) is 4.26. The van der Waals surface area contributed by atoms with Crippen LogP contribution in [0, 0.1) is 32.1 Å². The molecule has 1 fully saturated rings. The molecule has 3 atom stereocenters. The second-order valence-electron chi connectivity index (χ2n) is 7.27. The highest BCUT2D eigenvalue weighted by molar-refractivity contribution is 6.04. The van der Waals surface area contributed by atoms with Crippen molar-refractivity contribution in [2.75, 3.05) is 7.11 Å². The molecule has 1 aromatic carbocycles. The summed E-state index contributed by atoms with van der Waals surface area (Å²) < 4.78 is 5.10. The van der Waals surface area contributed by atoms with Crippen molar-refractivity contribution in [2.24, 2.45) is 11.3 Å². The number of hydrogen-bond donors (Lipinski definition) is 0. The molecule has 23 heavy (non-hydrogen) atoms. The van der Waals surface area contributed by atoms with Crippen molar-refractivity contribution in [1.82, 2.24) is 0 Å². The molecule has 3 heteroatoms. The van der Waals surface area contributed by atoms with Gasteiger partial charge in [-0.25, -0.2) is 0 Å². The lowest BCUT2D eigenvalue weighted by Gasteiger charge is -2.43. The Bertz CT molecular complexity index is 609. The quantitative estimate of drug-likeness (QED) is 0.618. The SMILES string of the molecule is COC(=O)C1(C(C)=O)CC(C)CCC1c1c(C)cc(C)cc1C. The smallest absolute Gasteiger partial charge is 0.319 e. The number of methoxy groups -OCH3 is 1. The van der Waals surface area contributed by atoms with Crippen LogP contribution in [0.3, 0.4) is 0 Å². The highest BCUT2D eigenvalue weighted by atomic mass is 16.5. The number of benzene rings is 1. The number of ketones is 1. The lowest BCUT2D eigenvalue weighted by atomic mass is 9.58. The van der Waals surface area contributed by atoms with Crippen molar-refractivity contribution in [3.05, 3.63) is 34.4 Å². The Morgan fingerprint density at radius 2 is 1.70 bits per heavy atom. The average molecular weight is 316 g/mol. The van der Waals surface area contributed by atoms with Crippen molar-refractivity contribution in [1.29, 1.82) is 0 Å². The monoisotopic (exact) mass is 316 g/mol.